The Morgan fingerprint density at radius 1 is 1.25 bits per heavy atom. The Morgan fingerprint density at radius 3 is 2.50 bits per heavy atom. The van der Waals surface area contributed by atoms with Crippen molar-refractivity contribution in [1.29, 1.82) is 5.26 Å². The third-order valence-electron chi connectivity index (χ3n) is 2.55. The molecule has 2 aromatic rings. The molecule has 0 aliphatic carbocycles. The van der Waals surface area contributed by atoms with Crippen LogP contribution in [0.3, 0.4) is 0 Å². The molecular formula is C12H9N3O4S. The zero-order valence-electron chi connectivity index (χ0n) is 10.2. The molecule has 0 unspecified atom stereocenters. The monoisotopic (exact) mass is 291 g/mol. The van der Waals surface area contributed by atoms with E-state index in [9.17, 15) is 20.1 Å². The molecule has 0 amide bonds. The molecule has 1 aromatic carbocycles. The standard InChI is InChI=1S/C12H9N3O4S/c1-20-12-14-10(6(4-13)11(19)15-12)5-2-8(17)9(18)3-7(5)16/h2-3,16-18H,1H3,(H,14,15,19). The van der Waals surface area contributed by atoms with Crippen molar-refractivity contribution in [3.8, 4) is 34.6 Å². The average Bonchev–Trinajstić information content (AvgIpc) is 2.42. The summed E-state index contributed by atoms with van der Waals surface area (Å²) >= 11 is 1.15. The van der Waals surface area contributed by atoms with Crippen molar-refractivity contribution in [2.24, 2.45) is 0 Å². The van der Waals surface area contributed by atoms with Crippen molar-refractivity contribution in [3.05, 3.63) is 28.0 Å². The second-order valence-corrected chi connectivity index (χ2v) is 4.56. The molecule has 2 rings (SSSR count). The molecule has 0 aliphatic rings. The van der Waals surface area contributed by atoms with Crippen LogP contribution in [0.25, 0.3) is 11.3 Å². The molecule has 4 N–H and O–H groups in total. The number of rotatable bonds is 2. The maximum absolute atomic E-state index is 11.8. The van der Waals surface area contributed by atoms with E-state index in [0.717, 1.165) is 23.9 Å². The number of hydrogen-bond acceptors (Lipinski definition) is 7. The molecule has 0 fully saturated rings. The maximum Gasteiger partial charge on any atom is 0.270 e. The number of hydrogen-bond donors (Lipinski definition) is 4. The van der Waals surface area contributed by atoms with Crippen LogP contribution in [-0.2, 0) is 0 Å². The van der Waals surface area contributed by atoms with E-state index in [2.05, 4.69) is 9.97 Å². The summed E-state index contributed by atoms with van der Waals surface area (Å²) in [5, 5.41) is 37.9. The molecule has 0 atom stereocenters. The summed E-state index contributed by atoms with van der Waals surface area (Å²) in [5.74, 6) is -1.41. The Hall–Kier alpha value is -2.66. The lowest BCUT2D eigenvalue weighted by Crippen LogP contribution is -2.14. The van der Waals surface area contributed by atoms with Crippen molar-refractivity contribution >= 4 is 11.8 Å². The van der Waals surface area contributed by atoms with Crippen LogP contribution >= 0.6 is 11.8 Å². The van der Waals surface area contributed by atoms with Crippen LogP contribution in [0.4, 0.5) is 0 Å². The number of aromatic nitrogens is 2. The van der Waals surface area contributed by atoms with Crippen LogP contribution in [0.15, 0.2) is 22.1 Å². The predicted octanol–water partition coefficient (Wildman–Crippen LogP) is 1.15. The molecule has 0 saturated carbocycles. The Labute approximate surface area is 117 Å². The van der Waals surface area contributed by atoms with Gasteiger partial charge in [0.05, 0.1) is 0 Å². The van der Waals surface area contributed by atoms with Gasteiger partial charge in [-0.3, -0.25) is 4.79 Å². The maximum atomic E-state index is 11.8. The zero-order chi connectivity index (χ0) is 14.9. The van der Waals surface area contributed by atoms with E-state index in [1.54, 1.807) is 12.3 Å². The van der Waals surface area contributed by atoms with Crippen LogP contribution in [0, 0.1) is 11.3 Å². The number of phenols is 3. The van der Waals surface area contributed by atoms with E-state index in [-0.39, 0.29) is 22.0 Å². The van der Waals surface area contributed by atoms with Gasteiger partial charge in [-0.25, -0.2) is 4.98 Å². The number of thioether (sulfide) groups is 1. The van der Waals surface area contributed by atoms with Crippen LogP contribution < -0.4 is 5.56 Å². The van der Waals surface area contributed by atoms with Crippen LogP contribution in [0.2, 0.25) is 0 Å². The van der Waals surface area contributed by atoms with E-state index in [0.29, 0.717) is 0 Å². The van der Waals surface area contributed by atoms with Gasteiger partial charge in [0.15, 0.2) is 16.7 Å². The number of aromatic amines is 1. The van der Waals surface area contributed by atoms with E-state index >= 15 is 0 Å². The third kappa shape index (κ3) is 2.26. The smallest absolute Gasteiger partial charge is 0.270 e. The second-order valence-electron chi connectivity index (χ2n) is 3.77. The molecule has 20 heavy (non-hydrogen) atoms. The Kier molecular flexibility index (Phi) is 3.54. The molecule has 0 radical (unpaired) electrons. The quantitative estimate of drug-likeness (QED) is 0.282. The lowest BCUT2D eigenvalue weighted by atomic mass is 10.1. The van der Waals surface area contributed by atoms with E-state index < -0.39 is 22.8 Å². The fraction of sp³-hybridized carbons (Fsp3) is 0.0833. The number of phenolic OH excluding ortho intramolecular Hbond substituents is 3. The first kappa shape index (κ1) is 13.8. The van der Waals surface area contributed by atoms with Crippen LogP contribution in [-0.4, -0.2) is 31.5 Å². The molecular weight excluding hydrogens is 282 g/mol. The van der Waals surface area contributed by atoms with Crippen LogP contribution in [0.1, 0.15) is 5.56 Å². The first-order valence-corrected chi connectivity index (χ1v) is 6.54. The first-order valence-electron chi connectivity index (χ1n) is 5.31. The summed E-state index contributed by atoms with van der Waals surface area (Å²) in [7, 11) is 0. The molecule has 0 aliphatic heterocycles. The molecule has 0 saturated heterocycles. The van der Waals surface area contributed by atoms with E-state index in [4.69, 9.17) is 5.26 Å². The summed E-state index contributed by atoms with van der Waals surface area (Å²) in [5.41, 5.74) is -1.01. The lowest BCUT2D eigenvalue weighted by molar-refractivity contribution is 0.397. The van der Waals surface area contributed by atoms with E-state index in [1.807, 2.05) is 0 Å². The molecule has 0 bridgehead atoms. The lowest BCUT2D eigenvalue weighted by Gasteiger charge is -2.08. The van der Waals surface area contributed by atoms with Crippen molar-refractivity contribution in [2.75, 3.05) is 6.26 Å². The van der Waals surface area contributed by atoms with Gasteiger partial charge >= 0.3 is 0 Å². The topological polar surface area (TPSA) is 130 Å². The summed E-state index contributed by atoms with van der Waals surface area (Å²) in [6, 6.07) is 3.65. The highest BCUT2D eigenvalue weighted by molar-refractivity contribution is 7.98. The fourth-order valence-corrected chi connectivity index (χ4v) is 1.98. The van der Waals surface area contributed by atoms with Crippen LogP contribution in [0.5, 0.6) is 17.2 Å². The average molecular weight is 291 g/mol. The molecule has 102 valence electrons. The molecule has 1 aromatic heterocycles. The van der Waals surface area contributed by atoms with Gasteiger partial charge in [0.2, 0.25) is 0 Å². The minimum atomic E-state index is -0.645. The second kappa shape index (κ2) is 5.14. The molecule has 8 heteroatoms. The summed E-state index contributed by atoms with van der Waals surface area (Å²) < 4.78 is 0. The Balaban J connectivity index is 2.82. The van der Waals surface area contributed by atoms with Gasteiger partial charge < -0.3 is 20.3 Å². The summed E-state index contributed by atoms with van der Waals surface area (Å²) in [4.78, 5) is 18.2. The van der Waals surface area contributed by atoms with Crippen molar-refractivity contribution in [2.45, 2.75) is 5.16 Å². The third-order valence-corrected chi connectivity index (χ3v) is 3.13. The van der Waals surface area contributed by atoms with E-state index in [1.165, 1.54) is 0 Å². The van der Waals surface area contributed by atoms with Gasteiger partial charge in [0.25, 0.3) is 5.56 Å². The molecule has 0 spiro atoms. The van der Waals surface area contributed by atoms with Crippen molar-refractivity contribution in [1.82, 2.24) is 9.97 Å². The molecule has 1 heterocycles. The fourth-order valence-electron chi connectivity index (χ4n) is 1.60. The van der Waals surface area contributed by atoms with Gasteiger partial charge in [-0.15, -0.1) is 0 Å². The summed E-state index contributed by atoms with van der Waals surface area (Å²) in [6.45, 7) is 0. The van der Waals surface area contributed by atoms with Gasteiger partial charge in [-0.2, -0.15) is 5.26 Å². The van der Waals surface area contributed by atoms with Crippen molar-refractivity contribution in [3.63, 3.8) is 0 Å². The van der Waals surface area contributed by atoms with Gasteiger partial charge in [0, 0.05) is 11.6 Å². The Bertz CT molecular complexity index is 779. The Morgan fingerprint density at radius 2 is 1.90 bits per heavy atom. The van der Waals surface area contributed by atoms with Gasteiger partial charge in [-0.1, -0.05) is 11.8 Å². The number of nitrogens with zero attached hydrogens (tertiary/aromatic N) is 2. The highest BCUT2D eigenvalue weighted by Gasteiger charge is 2.18. The number of aromatic hydroxyl groups is 3. The number of benzene rings is 1. The number of H-pyrrole nitrogens is 1. The first-order chi connectivity index (χ1) is 9.47. The highest BCUT2D eigenvalue weighted by Crippen LogP contribution is 2.38. The largest absolute Gasteiger partial charge is 0.507 e. The van der Waals surface area contributed by atoms with Gasteiger partial charge in [0.1, 0.15) is 23.1 Å². The zero-order valence-corrected chi connectivity index (χ0v) is 11.0. The number of nitriles is 1. The number of nitrogens with one attached hydrogen (secondary N) is 1. The SMILES string of the molecule is CSc1nc(-c2cc(O)c(O)cc2O)c(C#N)c(=O)[nH]1. The molecule has 7 nitrogen and oxygen atoms in total. The minimum absolute atomic E-state index is 0.0155. The summed E-state index contributed by atoms with van der Waals surface area (Å²) in [6.07, 6.45) is 1.68. The van der Waals surface area contributed by atoms with Gasteiger partial charge in [-0.05, 0) is 12.3 Å². The minimum Gasteiger partial charge on any atom is -0.507 e. The normalized spacial score (nSPS) is 10.2. The predicted molar refractivity (Wildman–Crippen MR) is 71.8 cm³/mol. The van der Waals surface area contributed by atoms with Crippen molar-refractivity contribution < 1.29 is 15.3 Å². The highest BCUT2D eigenvalue weighted by atomic mass is 32.2.